The van der Waals surface area contributed by atoms with Gasteiger partial charge >= 0.3 is 0 Å². The number of rotatable bonds is 11. The molecule has 2 aromatic carbocycles. The third kappa shape index (κ3) is 7.91. The highest BCUT2D eigenvalue weighted by Crippen LogP contribution is 2.40. The largest absolute Gasteiger partial charge is 0.370 e. The van der Waals surface area contributed by atoms with Crippen molar-refractivity contribution in [3.8, 4) is 0 Å². The zero-order valence-corrected chi connectivity index (χ0v) is 30.3. The summed E-state index contributed by atoms with van der Waals surface area (Å²) < 4.78 is 12.9. The third-order valence-corrected chi connectivity index (χ3v) is 11.8. The lowest BCUT2D eigenvalue weighted by atomic mass is 10.1. The lowest BCUT2D eigenvalue weighted by molar-refractivity contribution is -0.143. The first-order valence-electron chi connectivity index (χ1n) is 17.0. The molecule has 4 aromatic rings. The zero-order valence-electron chi connectivity index (χ0n) is 28.6. The molecule has 0 saturated carbocycles. The molecular weight excluding hydrogens is 693 g/mol. The summed E-state index contributed by atoms with van der Waals surface area (Å²) in [5, 5.41) is 7.11. The fraction of sp³-hybridized carbons (Fsp3) is 0.429. The minimum Gasteiger partial charge on any atom is -0.370 e. The van der Waals surface area contributed by atoms with E-state index in [1.165, 1.54) is 29.5 Å². The van der Waals surface area contributed by atoms with Gasteiger partial charge in [-0.2, -0.15) is 0 Å². The Labute approximate surface area is 298 Å². The predicted molar refractivity (Wildman–Crippen MR) is 194 cm³/mol. The first kappa shape index (κ1) is 36.4. The average Bonchev–Trinajstić information content (AvgIpc) is 3.82. The molecule has 2 aliphatic heterocycles. The van der Waals surface area contributed by atoms with E-state index in [4.69, 9.17) is 10.7 Å². The van der Waals surface area contributed by atoms with Crippen molar-refractivity contribution in [2.45, 2.75) is 76.2 Å². The highest BCUT2D eigenvalue weighted by molar-refractivity contribution is 7.75. The van der Waals surface area contributed by atoms with Crippen LogP contribution in [0.3, 0.4) is 0 Å². The number of H-pyrrole nitrogens is 1. The fourth-order valence-electron chi connectivity index (χ4n) is 6.95. The van der Waals surface area contributed by atoms with Crippen LogP contribution < -0.4 is 16.4 Å². The van der Waals surface area contributed by atoms with Crippen molar-refractivity contribution in [1.29, 1.82) is 0 Å². The van der Waals surface area contributed by atoms with Gasteiger partial charge in [-0.25, -0.2) is 4.98 Å². The van der Waals surface area contributed by atoms with Crippen LogP contribution in [0.4, 0.5) is 0 Å². The summed E-state index contributed by atoms with van der Waals surface area (Å²) in [5.74, 6) is -1.77. The molecule has 2 aliphatic rings. The van der Waals surface area contributed by atoms with E-state index in [1.807, 2.05) is 38.1 Å². The van der Waals surface area contributed by atoms with E-state index in [0.29, 0.717) is 41.7 Å². The summed E-state index contributed by atoms with van der Waals surface area (Å²) in [4.78, 5) is 87.5. The molecule has 2 saturated heterocycles. The number of hydrogen-bond donors (Lipinski definition) is 5. The Morgan fingerprint density at radius 3 is 2.59 bits per heavy atom. The van der Waals surface area contributed by atoms with E-state index in [2.05, 4.69) is 20.5 Å². The number of nitrogens with two attached hydrogens (primary N) is 1. The minimum atomic E-state index is -4.01. The highest BCUT2D eigenvalue weighted by Gasteiger charge is 2.45. The molecule has 14 nitrogen and oxygen atoms in total. The summed E-state index contributed by atoms with van der Waals surface area (Å²) in [6.45, 7) is 5.93. The van der Waals surface area contributed by atoms with Crippen LogP contribution in [0.5, 0.6) is 0 Å². The number of fused-ring (bicyclic) bond motifs is 3. The standard InChI is InChI=1S/C35H42N7O7PS/c1-19(2)41-15-14-22-9-12-28(32(45)38-25(11-13-30(36)43)33-40-24-6-4-5-7-29(24)51-33)42(22)34(46)27(18-41)39-31(44)26-17-21-16-20(8-10-23(21)37-26)35(47)50(3,48)49/h4-8,10,16-17,19,22,25,27-28,37H,9,11-15,18H2,1-3H3,(H2,36,43)(H,38,45)(H,39,44)(H,48,49)/t22-,25+,27+,28+/m1/s1. The molecule has 0 spiro atoms. The van der Waals surface area contributed by atoms with Gasteiger partial charge < -0.3 is 31.1 Å². The first-order valence-corrected chi connectivity index (χ1v) is 19.9. The summed E-state index contributed by atoms with van der Waals surface area (Å²) in [6, 6.07) is 11.1. The normalized spacial score (nSPS) is 21.5. The fourth-order valence-corrected chi connectivity index (χ4v) is 8.62. The Hall–Kier alpha value is -4.43. The van der Waals surface area contributed by atoms with Crippen molar-refractivity contribution >= 4 is 69.0 Å². The van der Waals surface area contributed by atoms with Crippen LogP contribution in [0, 0.1) is 0 Å². The Bertz CT molecular complexity index is 2020. The van der Waals surface area contributed by atoms with Crippen LogP contribution in [0.25, 0.3) is 21.1 Å². The maximum absolute atomic E-state index is 14.4. The van der Waals surface area contributed by atoms with E-state index >= 15 is 0 Å². The Kier molecular flexibility index (Phi) is 10.5. The molecule has 2 aromatic heterocycles. The first-order chi connectivity index (χ1) is 24.2. The van der Waals surface area contributed by atoms with Crippen molar-refractivity contribution in [3.05, 3.63) is 64.8 Å². The van der Waals surface area contributed by atoms with Gasteiger partial charge in [0.2, 0.25) is 23.2 Å². The summed E-state index contributed by atoms with van der Waals surface area (Å²) in [6.07, 6.45) is 2.02. The molecule has 0 radical (unpaired) electrons. The quantitative estimate of drug-likeness (QED) is 0.143. The van der Waals surface area contributed by atoms with Crippen molar-refractivity contribution < 1.29 is 33.4 Å². The number of hydrogen-bond acceptors (Lipinski definition) is 9. The van der Waals surface area contributed by atoms with Crippen LogP contribution in [-0.4, -0.2) is 97.7 Å². The maximum atomic E-state index is 14.4. The van der Waals surface area contributed by atoms with E-state index < -0.39 is 42.8 Å². The molecule has 4 heterocycles. The molecule has 4 amide bonds. The molecule has 1 unspecified atom stereocenters. The van der Waals surface area contributed by atoms with Gasteiger partial charge in [-0.15, -0.1) is 11.3 Å². The molecule has 51 heavy (non-hydrogen) atoms. The van der Waals surface area contributed by atoms with Gasteiger partial charge in [0.15, 0.2) is 0 Å². The number of amides is 4. The van der Waals surface area contributed by atoms with Gasteiger partial charge in [0.1, 0.15) is 22.8 Å². The SMILES string of the molecule is CC(C)N1CC[C@H]2CC[C@@H](C(=O)N[C@@H](CCC(N)=O)c3nc4ccccc4s3)N2C(=O)[C@@H](NC(=O)c2cc3cc(C(=O)P(C)(=O)O)ccc3[nH]2)C1. The summed E-state index contributed by atoms with van der Waals surface area (Å²) in [5.41, 5.74) is 6.10. The number of carbonyl (C=O) groups excluding carboxylic acids is 5. The van der Waals surface area contributed by atoms with Gasteiger partial charge in [0.25, 0.3) is 13.3 Å². The number of para-hydroxylation sites is 1. The second-order valence-corrected chi connectivity index (χ2v) is 16.9. The molecule has 2 fully saturated rings. The molecule has 16 heteroatoms. The predicted octanol–water partition coefficient (Wildman–Crippen LogP) is 3.51. The molecule has 0 aliphatic carbocycles. The van der Waals surface area contributed by atoms with Crippen molar-refractivity contribution in [1.82, 2.24) is 30.4 Å². The molecule has 0 bridgehead atoms. The Morgan fingerprint density at radius 1 is 1.12 bits per heavy atom. The van der Waals surface area contributed by atoms with Gasteiger partial charge in [0.05, 0.1) is 16.3 Å². The van der Waals surface area contributed by atoms with Gasteiger partial charge in [-0.3, -0.25) is 33.4 Å². The van der Waals surface area contributed by atoms with Gasteiger partial charge in [-0.05, 0) is 75.9 Å². The number of thiazole rings is 1. The van der Waals surface area contributed by atoms with Crippen LogP contribution in [0.2, 0.25) is 0 Å². The second kappa shape index (κ2) is 14.7. The maximum Gasteiger partial charge on any atom is 0.268 e. The number of benzene rings is 2. The van der Waals surface area contributed by atoms with Crippen molar-refractivity contribution in [2.75, 3.05) is 19.8 Å². The van der Waals surface area contributed by atoms with Crippen molar-refractivity contribution in [2.24, 2.45) is 5.73 Å². The minimum absolute atomic E-state index is 0.0438. The molecule has 270 valence electrons. The lowest BCUT2D eigenvalue weighted by Crippen LogP contribution is -2.61. The Balaban J connectivity index is 1.24. The van der Waals surface area contributed by atoms with Crippen LogP contribution in [0.1, 0.15) is 77.8 Å². The molecule has 5 atom stereocenters. The number of aromatic amines is 1. The van der Waals surface area contributed by atoms with E-state index in [0.717, 1.165) is 16.9 Å². The van der Waals surface area contributed by atoms with E-state index in [9.17, 15) is 33.4 Å². The number of nitrogens with one attached hydrogen (secondary N) is 3. The lowest BCUT2D eigenvalue weighted by Gasteiger charge is -2.40. The van der Waals surface area contributed by atoms with Crippen LogP contribution >= 0.6 is 18.7 Å². The van der Waals surface area contributed by atoms with E-state index in [-0.39, 0.29) is 54.5 Å². The second-order valence-electron chi connectivity index (χ2n) is 13.7. The summed E-state index contributed by atoms with van der Waals surface area (Å²) in [7, 11) is -4.01. The summed E-state index contributed by atoms with van der Waals surface area (Å²) >= 11 is 1.43. The van der Waals surface area contributed by atoms with E-state index in [1.54, 1.807) is 11.0 Å². The number of nitrogens with zero attached hydrogens (tertiary/aromatic N) is 3. The van der Waals surface area contributed by atoms with Crippen LogP contribution in [0.15, 0.2) is 48.5 Å². The number of carbonyl (C=O) groups is 5. The van der Waals surface area contributed by atoms with Crippen LogP contribution in [-0.2, 0) is 18.9 Å². The zero-order chi connectivity index (χ0) is 36.6. The molecular formula is C35H42N7O7PS. The Morgan fingerprint density at radius 2 is 1.88 bits per heavy atom. The van der Waals surface area contributed by atoms with Crippen molar-refractivity contribution in [3.63, 3.8) is 0 Å². The number of aromatic nitrogens is 2. The van der Waals surface area contributed by atoms with Gasteiger partial charge in [0, 0.05) is 54.7 Å². The smallest absolute Gasteiger partial charge is 0.268 e. The molecule has 6 rings (SSSR count). The topological polar surface area (TPSA) is 208 Å². The highest BCUT2D eigenvalue weighted by atomic mass is 32.1. The monoisotopic (exact) mass is 735 g/mol. The molecule has 6 N–H and O–H groups in total. The number of primary amides is 1. The third-order valence-electron chi connectivity index (χ3n) is 9.65. The van der Waals surface area contributed by atoms with Gasteiger partial charge in [-0.1, -0.05) is 12.1 Å². The average molecular weight is 736 g/mol.